The van der Waals surface area contributed by atoms with E-state index in [0.29, 0.717) is 12.5 Å². The molecule has 0 bridgehead atoms. The van der Waals surface area contributed by atoms with E-state index in [9.17, 15) is 4.39 Å². The molecule has 2 heteroatoms. The van der Waals surface area contributed by atoms with Crippen LogP contribution in [0.5, 0.6) is 0 Å². The lowest BCUT2D eigenvalue weighted by atomic mass is 9.92. The summed E-state index contributed by atoms with van der Waals surface area (Å²) in [6.45, 7) is 2.73. The molecule has 0 aliphatic heterocycles. The molecule has 2 rings (SSSR count). The second-order valence-electron chi connectivity index (χ2n) is 5.12. The largest absolute Gasteiger partial charge is 0.330 e. The highest BCUT2D eigenvalue weighted by Crippen LogP contribution is 2.15. The van der Waals surface area contributed by atoms with Crippen molar-refractivity contribution in [3.63, 3.8) is 0 Å². The average molecular weight is 257 g/mol. The van der Waals surface area contributed by atoms with Gasteiger partial charge < -0.3 is 5.73 Å². The van der Waals surface area contributed by atoms with Gasteiger partial charge in [-0.2, -0.15) is 0 Å². The van der Waals surface area contributed by atoms with Gasteiger partial charge >= 0.3 is 0 Å². The van der Waals surface area contributed by atoms with Crippen molar-refractivity contribution in [1.82, 2.24) is 0 Å². The molecule has 0 amide bonds. The Morgan fingerprint density at radius 2 is 1.37 bits per heavy atom. The van der Waals surface area contributed by atoms with Gasteiger partial charge in [0.15, 0.2) is 0 Å². The molecule has 0 saturated carbocycles. The Hall–Kier alpha value is -1.67. The molecule has 1 nitrogen and oxygen atoms in total. The average Bonchev–Trinajstić information content (AvgIpc) is 2.43. The molecule has 0 radical (unpaired) electrons. The summed E-state index contributed by atoms with van der Waals surface area (Å²) in [6.07, 6.45) is 1.86. The highest BCUT2D eigenvalue weighted by Gasteiger charge is 2.09. The molecule has 0 aliphatic carbocycles. The van der Waals surface area contributed by atoms with Crippen molar-refractivity contribution in [2.75, 3.05) is 6.54 Å². The van der Waals surface area contributed by atoms with Crippen molar-refractivity contribution in [3.8, 4) is 0 Å². The number of benzene rings is 2. The van der Waals surface area contributed by atoms with Crippen LogP contribution in [0.1, 0.15) is 16.7 Å². The summed E-state index contributed by atoms with van der Waals surface area (Å²) in [5.74, 6) is 0.208. The summed E-state index contributed by atoms with van der Waals surface area (Å²) in [4.78, 5) is 0. The van der Waals surface area contributed by atoms with Crippen LogP contribution in [-0.4, -0.2) is 6.54 Å². The fourth-order valence-electron chi connectivity index (χ4n) is 2.25. The molecule has 0 aromatic heterocycles. The standard InChI is InChI=1S/C17H20FN/c1-13-2-4-14(5-3-13)10-16(12-19)11-15-6-8-17(18)9-7-15/h2-9,16H,10-12,19H2,1H3. The van der Waals surface area contributed by atoms with E-state index in [4.69, 9.17) is 5.73 Å². The molecule has 100 valence electrons. The van der Waals surface area contributed by atoms with Crippen molar-refractivity contribution in [2.45, 2.75) is 19.8 Å². The highest BCUT2D eigenvalue weighted by molar-refractivity contribution is 5.22. The number of aryl methyl sites for hydroxylation is 1. The summed E-state index contributed by atoms with van der Waals surface area (Å²) >= 11 is 0. The van der Waals surface area contributed by atoms with Crippen molar-refractivity contribution < 1.29 is 4.39 Å². The molecular weight excluding hydrogens is 237 g/mol. The minimum atomic E-state index is -0.188. The van der Waals surface area contributed by atoms with Gasteiger partial charge in [-0.05, 0) is 55.5 Å². The molecule has 0 saturated heterocycles. The topological polar surface area (TPSA) is 26.0 Å². The normalized spacial score (nSPS) is 12.4. The van der Waals surface area contributed by atoms with E-state index in [1.165, 1.54) is 23.3 Å². The van der Waals surface area contributed by atoms with Gasteiger partial charge in [-0.25, -0.2) is 4.39 Å². The maximum absolute atomic E-state index is 12.9. The lowest BCUT2D eigenvalue weighted by molar-refractivity contribution is 0.532. The van der Waals surface area contributed by atoms with Crippen LogP contribution >= 0.6 is 0 Å². The molecule has 0 spiro atoms. The molecular formula is C17H20FN. The molecule has 2 aromatic carbocycles. The number of rotatable bonds is 5. The maximum Gasteiger partial charge on any atom is 0.123 e. The van der Waals surface area contributed by atoms with E-state index in [-0.39, 0.29) is 5.82 Å². The first kappa shape index (κ1) is 13.8. The first-order valence-electron chi connectivity index (χ1n) is 6.67. The van der Waals surface area contributed by atoms with E-state index >= 15 is 0 Å². The maximum atomic E-state index is 12.9. The van der Waals surface area contributed by atoms with Crippen molar-refractivity contribution in [1.29, 1.82) is 0 Å². The van der Waals surface area contributed by atoms with Gasteiger partial charge in [0.1, 0.15) is 5.82 Å². The zero-order valence-corrected chi connectivity index (χ0v) is 11.3. The van der Waals surface area contributed by atoms with Crippen LogP contribution in [0.2, 0.25) is 0 Å². The molecule has 1 unspecified atom stereocenters. The molecule has 19 heavy (non-hydrogen) atoms. The predicted molar refractivity (Wildman–Crippen MR) is 77.5 cm³/mol. The lowest BCUT2D eigenvalue weighted by Gasteiger charge is -2.15. The smallest absolute Gasteiger partial charge is 0.123 e. The van der Waals surface area contributed by atoms with Crippen LogP contribution in [0.15, 0.2) is 48.5 Å². The molecule has 2 aromatic rings. The fraction of sp³-hybridized carbons (Fsp3) is 0.294. The third kappa shape index (κ3) is 4.18. The van der Waals surface area contributed by atoms with Gasteiger partial charge in [-0.3, -0.25) is 0 Å². The Kier molecular flexibility index (Phi) is 4.69. The zero-order valence-electron chi connectivity index (χ0n) is 11.3. The van der Waals surface area contributed by atoms with Crippen LogP contribution in [-0.2, 0) is 12.8 Å². The summed E-state index contributed by atoms with van der Waals surface area (Å²) in [6, 6.07) is 15.3. The highest BCUT2D eigenvalue weighted by atomic mass is 19.1. The van der Waals surface area contributed by atoms with Crippen molar-refractivity contribution in [2.24, 2.45) is 11.7 Å². The Balaban J connectivity index is 2.00. The number of nitrogens with two attached hydrogens (primary N) is 1. The van der Waals surface area contributed by atoms with Crippen molar-refractivity contribution in [3.05, 3.63) is 71.0 Å². The lowest BCUT2D eigenvalue weighted by Crippen LogP contribution is -2.19. The van der Waals surface area contributed by atoms with Gasteiger partial charge in [-0.15, -0.1) is 0 Å². The van der Waals surface area contributed by atoms with Gasteiger partial charge in [0.2, 0.25) is 0 Å². The van der Waals surface area contributed by atoms with Crippen molar-refractivity contribution >= 4 is 0 Å². The van der Waals surface area contributed by atoms with Gasteiger partial charge in [0.05, 0.1) is 0 Å². The Bertz CT molecular complexity index is 454. The molecule has 0 fully saturated rings. The van der Waals surface area contributed by atoms with Gasteiger partial charge in [-0.1, -0.05) is 42.0 Å². The Morgan fingerprint density at radius 1 is 0.895 bits per heavy atom. The second kappa shape index (κ2) is 6.48. The SMILES string of the molecule is Cc1ccc(CC(CN)Cc2ccc(F)cc2)cc1. The monoisotopic (exact) mass is 257 g/mol. The number of halogens is 1. The van der Waals surface area contributed by atoms with Crippen LogP contribution in [0.25, 0.3) is 0 Å². The quantitative estimate of drug-likeness (QED) is 0.871. The molecule has 2 N–H and O–H groups in total. The second-order valence-corrected chi connectivity index (χ2v) is 5.12. The molecule has 1 atom stereocenters. The Labute approximate surface area is 114 Å². The van der Waals surface area contributed by atoms with Crippen LogP contribution in [0, 0.1) is 18.7 Å². The minimum absolute atomic E-state index is 0.188. The van der Waals surface area contributed by atoms with Crippen LogP contribution in [0.3, 0.4) is 0 Å². The first-order valence-corrected chi connectivity index (χ1v) is 6.67. The number of hydrogen-bond acceptors (Lipinski definition) is 1. The van der Waals surface area contributed by atoms with Gasteiger partial charge in [0.25, 0.3) is 0 Å². The Morgan fingerprint density at radius 3 is 1.84 bits per heavy atom. The van der Waals surface area contributed by atoms with E-state index < -0.39 is 0 Å². The van der Waals surface area contributed by atoms with E-state index in [1.807, 2.05) is 12.1 Å². The minimum Gasteiger partial charge on any atom is -0.330 e. The third-order valence-electron chi connectivity index (χ3n) is 3.42. The first-order chi connectivity index (χ1) is 9.17. The summed E-state index contributed by atoms with van der Waals surface area (Å²) in [5.41, 5.74) is 9.58. The summed E-state index contributed by atoms with van der Waals surface area (Å²) in [7, 11) is 0. The van der Waals surface area contributed by atoms with Crippen LogP contribution in [0.4, 0.5) is 4.39 Å². The molecule has 0 heterocycles. The van der Waals surface area contributed by atoms with E-state index in [1.54, 1.807) is 0 Å². The fourth-order valence-corrected chi connectivity index (χ4v) is 2.25. The third-order valence-corrected chi connectivity index (χ3v) is 3.42. The predicted octanol–water partition coefficient (Wildman–Crippen LogP) is 3.49. The van der Waals surface area contributed by atoms with E-state index in [2.05, 4.69) is 31.2 Å². The van der Waals surface area contributed by atoms with E-state index in [0.717, 1.165) is 18.4 Å². The number of hydrogen-bond donors (Lipinski definition) is 1. The molecule has 0 aliphatic rings. The van der Waals surface area contributed by atoms with Crippen LogP contribution < -0.4 is 5.73 Å². The zero-order chi connectivity index (χ0) is 13.7. The summed E-state index contributed by atoms with van der Waals surface area (Å²) < 4.78 is 12.9. The summed E-state index contributed by atoms with van der Waals surface area (Å²) in [5, 5.41) is 0. The van der Waals surface area contributed by atoms with Gasteiger partial charge in [0, 0.05) is 0 Å².